The lowest BCUT2D eigenvalue weighted by atomic mass is 9.95. The average molecular weight is 312 g/mol. The maximum absolute atomic E-state index is 12.4. The lowest BCUT2D eigenvalue weighted by molar-refractivity contribution is 0.0938. The summed E-state index contributed by atoms with van der Waals surface area (Å²) in [6, 6.07) is 1.68. The highest BCUT2D eigenvalue weighted by molar-refractivity contribution is 7.89. The van der Waals surface area contributed by atoms with E-state index in [9.17, 15) is 13.2 Å². The zero-order valence-corrected chi connectivity index (χ0v) is 14.3. The van der Waals surface area contributed by atoms with Crippen molar-refractivity contribution >= 4 is 15.9 Å². The van der Waals surface area contributed by atoms with Gasteiger partial charge in [0.15, 0.2) is 0 Å². The highest BCUT2D eigenvalue weighted by atomic mass is 32.2. The minimum absolute atomic E-state index is 0.0361. The van der Waals surface area contributed by atoms with Crippen molar-refractivity contribution in [2.45, 2.75) is 46.4 Å². The molecule has 0 bridgehead atoms. The van der Waals surface area contributed by atoms with Crippen LogP contribution in [0.3, 0.4) is 0 Å². The van der Waals surface area contributed by atoms with Gasteiger partial charge in [0, 0.05) is 12.1 Å². The Kier molecular flexibility index (Phi) is 4.85. The molecular formula is C15H24N2O3S. The normalized spacial score (nSPS) is 12.3. The van der Waals surface area contributed by atoms with Crippen molar-refractivity contribution in [3.8, 4) is 0 Å². The first-order valence-corrected chi connectivity index (χ1v) is 8.31. The number of rotatable bonds is 3. The lowest BCUT2D eigenvalue weighted by Gasteiger charge is -2.21. The van der Waals surface area contributed by atoms with Crippen molar-refractivity contribution in [1.82, 2.24) is 5.32 Å². The number of nitrogens with one attached hydrogen (secondary N) is 1. The first-order chi connectivity index (χ1) is 9.34. The molecule has 0 aliphatic rings. The molecule has 0 fully saturated rings. The van der Waals surface area contributed by atoms with E-state index in [4.69, 9.17) is 5.14 Å². The van der Waals surface area contributed by atoms with Crippen molar-refractivity contribution in [3.05, 3.63) is 28.3 Å². The summed E-state index contributed by atoms with van der Waals surface area (Å²) in [6.45, 7) is 11.6. The van der Waals surface area contributed by atoms with Crippen molar-refractivity contribution < 1.29 is 13.2 Å². The fraction of sp³-hybridized carbons (Fsp3) is 0.533. The number of benzene rings is 1. The molecule has 5 nitrogen and oxygen atoms in total. The Balaban J connectivity index is 3.35. The second-order valence-corrected chi connectivity index (χ2v) is 8.13. The van der Waals surface area contributed by atoms with Crippen molar-refractivity contribution in [2.24, 2.45) is 10.6 Å². The van der Waals surface area contributed by atoms with Crippen LogP contribution >= 0.6 is 0 Å². The predicted octanol–water partition coefficient (Wildman–Crippen LogP) is 2.04. The van der Waals surface area contributed by atoms with Crippen LogP contribution in [0.4, 0.5) is 0 Å². The van der Waals surface area contributed by atoms with Crippen molar-refractivity contribution in [1.29, 1.82) is 0 Å². The number of nitrogens with two attached hydrogens (primary N) is 1. The molecule has 0 aliphatic heterocycles. The van der Waals surface area contributed by atoms with Gasteiger partial charge in [0.1, 0.15) is 0 Å². The second-order valence-electron chi connectivity index (χ2n) is 6.63. The van der Waals surface area contributed by atoms with Crippen molar-refractivity contribution in [2.75, 3.05) is 6.54 Å². The van der Waals surface area contributed by atoms with E-state index in [1.54, 1.807) is 26.8 Å². The van der Waals surface area contributed by atoms with Crippen LogP contribution in [0, 0.1) is 26.2 Å². The molecule has 3 N–H and O–H groups in total. The summed E-state index contributed by atoms with van der Waals surface area (Å²) in [5.41, 5.74) is 2.03. The number of carbonyl (C=O) groups excluding carboxylic acids is 1. The molecule has 0 saturated carbocycles. The Morgan fingerprint density at radius 1 is 1.19 bits per heavy atom. The number of carbonyl (C=O) groups is 1. The van der Waals surface area contributed by atoms with E-state index in [1.165, 1.54) is 0 Å². The maximum atomic E-state index is 12.4. The first kappa shape index (κ1) is 17.7. The van der Waals surface area contributed by atoms with Gasteiger partial charge in [-0.3, -0.25) is 4.79 Å². The number of hydrogen-bond acceptors (Lipinski definition) is 3. The molecular weight excluding hydrogens is 288 g/mol. The van der Waals surface area contributed by atoms with Gasteiger partial charge in [-0.15, -0.1) is 0 Å². The van der Waals surface area contributed by atoms with Gasteiger partial charge in [-0.05, 0) is 42.9 Å². The van der Waals surface area contributed by atoms with E-state index in [-0.39, 0.29) is 16.2 Å². The quantitative estimate of drug-likeness (QED) is 0.895. The summed E-state index contributed by atoms with van der Waals surface area (Å²) in [7, 11) is -3.86. The minimum atomic E-state index is -3.86. The summed E-state index contributed by atoms with van der Waals surface area (Å²) in [6.07, 6.45) is 0. The van der Waals surface area contributed by atoms with E-state index in [1.807, 2.05) is 20.8 Å². The Bertz CT molecular complexity index is 671. The number of amides is 1. The Labute approximate surface area is 127 Å². The first-order valence-electron chi connectivity index (χ1n) is 6.76. The molecule has 1 aromatic rings. The summed E-state index contributed by atoms with van der Waals surface area (Å²) < 4.78 is 23.4. The van der Waals surface area contributed by atoms with Crippen molar-refractivity contribution in [3.63, 3.8) is 0 Å². The molecule has 21 heavy (non-hydrogen) atoms. The third kappa shape index (κ3) is 4.28. The fourth-order valence-corrected chi connectivity index (χ4v) is 3.43. The summed E-state index contributed by atoms with van der Waals surface area (Å²) >= 11 is 0. The largest absolute Gasteiger partial charge is 0.351 e. The monoisotopic (exact) mass is 312 g/mol. The molecule has 0 aliphatic carbocycles. The van der Waals surface area contributed by atoms with Crippen LogP contribution < -0.4 is 10.5 Å². The molecule has 118 valence electrons. The number of sulfonamides is 1. The van der Waals surface area contributed by atoms with E-state index in [2.05, 4.69) is 5.32 Å². The zero-order valence-electron chi connectivity index (χ0n) is 13.5. The summed E-state index contributed by atoms with van der Waals surface area (Å²) in [4.78, 5) is 12.4. The van der Waals surface area contributed by atoms with Crippen LogP contribution in [0.2, 0.25) is 0 Å². The molecule has 6 heteroatoms. The lowest BCUT2D eigenvalue weighted by Crippen LogP contribution is -2.33. The van der Waals surface area contributed by atoms with E-state index in [0.717, 1.165) is 5.56 Å². The van der Waals surface area contributed by atoms with Crippen LogP contribution in [0.15, 0.2) is 11.0 Å². The maximum Gasteiger partial charge on any atom is 0.251 e. The molecule has 1 rings (SSSR count). The van der Waals surface area contributed by atoms with E-state index in [0.29, 0.717) is 23.2 Å². The zero-order chi connectivity index (χ0) is 16.6. The second kappa shape index (κ2) is 5.77. The Morgan fingerprint density at radius 2 is 1.71 bits per heavy atom. The van der Waals surface area contributed by atoms with Gasteiger partial charge in [-0.2, -0.15) is 0 Å². The standard InChI is InChI=1S/C15H24N2O3S/c1-9-7-10(2)13(21(16,19)20)11(3)12(9)14(18)17-8-15(4,5)6/h7H,8H2,1-6H3,(H,17,18)(H2,16,19,20). The van der Waals surface area contributed by atoms with Gasteiger partial charge in [-0.1, -0.05) is 26.8 Å². The molecule has 0 radical (unpaired) electrons. The van der Waals surface area contributed by atoms with Crippen LogP contribution in [0.25, 0.3) is 0 Å². The van der Waals surface area contributed by atoms with Gasteiger partial charge in [0.25, 0.3) is 5.91 Å². The molecule has 1 amide bonds. The number of primary sulfonamides is 1. The SMILES string of the molecule is Cc1cc(C)c(S(N)(=O)=O)c(C)c1C(=O)NCC(C)(C)C. The average Bonchev–Trinajstić information content (AvgIpc) is 2.22. The molecule has 0 heterocycles. The Morgan fingerprint density at radius 3 is 2.14 bits per heavy atom. The topological polar surface area (TPSA) is 89.3 Å². The highest BCUT2D eigenvalue weighted by Crippen LogP contribution is 2.25. The predicted molar refractivity (Wildman–Crippen MR) is 83.8 cm³/mol. The molecule has 0 spiro atoms. The van der Waals surface area contributed by atoms with Gasteiger partial charge < -0.3 is 5.32 Å². The number of hydrogen-bond donors (Lipinski definition) is 2. The van der Waals surface area contributed by atoms with E-state index >= 15 is 0 Å². The van der Waals surface area contributed by atoms with Gasteiger partial charge in [0.2, 0.25) is 10.0 Å². The van der Waals surface area contributed by atoms with Crippen LogP contribution in [-0.4, -0.2) is 20.9 Å². The smallest absolute Gasteiger partial charge is 0.251 e. The van der Waals surface area contributed by atoms with Gasteiger partial charge >= 0.3 is 0 Å². The summed E-state index contributed by atoms with van der Waals surface area (Å²) in [5.74, 6) is -0.273. The fourth-order valence-electron chi connectivity index (χ4n) is 2.39. The van der Waals surface area contributed by atoms with Crippen LogP contribution in [0.5, 0.6) is 0 Å². The van der Waals surface area contributed by atoms with Gasteiger partial charge in [-0.25, -0.2) is 13.6 Å². The van der Waals surface area contributed by atoms with Gasteiger partial charge in [0.05, 0.1) is 4.90 Å². The highest BCUT2D eigenvalue weighted by Gasteiger charge is 2.23. The molecule has 1 aromatic carbocycles. The minimum Gasteiger partial charge on any atom is -0.351 e. The third-order valence-corrected chi connectivity index (χ3v) is 4.39. The third-order valence-electron chi connectivity index (χ3n) is 3.19. The molecule has 0 aromatic heterocycles. The molecule has 0 unspecified atom stereocenters. The van der Waals surface area contributed by atoms with Crippen LogP contribution in [-0.2, 0) is 10.0 Å². The molecule has 0 atom stereocenters. The Hall–Kier alpha value is -1.40. The molecule has 0 saturated heterocycles. The number of aryl methyl sites for hydroxylation is 2. The van der Waals surface area contributed by atoms with Crippen LogP contribution in [0.1, 0.15) is 47.8 Å². The van der Waals surface area contributed by atoms with E-state index < -0.39 is 10.0 Å². The summed E-state index contributed by atoms with van der Waals surface area (Å²) in [5, 5.41) is 8.11.